The van der Waals surface area contributed by atoms with Crippen LogP contribution in [0.15, 0.2) is 41.5 Å². The first kappa shape index (κ1) is 13.0. The molecule has 0 unspecified atom stereocenters. The monoisotopic (exact) mass is 305 g/mol. The third kappa shape index (κ3) is 1.87. The molecule has 3 aromatic rings. The largest absolute Gasteiger partial charge is 0.366 e. The van der Waals surface area contributed by atoms with Crippen molar-refractivity contribution >= 4 is 16.6 Å². The molecule has 1 aliphatic carbocycles. The Labute approximate surface area is 134 Å². The fraction of sp³-hybridized carbons (Fsp3) is 0.316. The third-order valence-corrected chi connectivity index (χ3v) is 5.17. The molecule has 4 nitrogen and oxygen atoms in total. The third-order valence-electron chi connectivity index (χ3n) is 5.17. The van der Waals surface area contributed by atoms with E-state index in [1.165, 1.54) is 35.2 Å². The van der Waals surface area contributed by atoms with E-state index >= 15 is 0 Å². The van der Waals surface area contributed by atoms with E-state index in [4.69, 9.17) is 0 Å². The van der Waals surface area contributed by atoms with Gasteiger partial charge in [0.15, 0.2) is 0 Å². The fourth-order valence-electron chi connectivity index (χ4n) is 3.89. The molecule has 1 aliphatic heterocycles. The van der Waals surface area contributed by atoms with Gasteiger partial charge >= 0.3 is 0 Å². The molecule has 1 saturated carbocycles. The molecule has 4 heteroatoms. The Morgan fingerprint density at radius 3 is 2.87 bits per heavy atom. The molecule has 0 bridgehead atoms. The predicted molar refractivity (Wildman–Crippen MR) is 92.7 cm³/mol. The maximum absolute atomic E-state index is 12.3. The number of aromatic nitrogens is 2. The van der Waals surface area contributed by atoms with Crippen LogP contribution in [0.4, 0.5) is 5.69 Å². The fourth-order valence-corrected chi connectivity index (χ4v) is 3.89. The zero-order valence-electron chi connectivity index (χ0n) is 13.2. The summed E-state index contributed by atoms with van der Waals surface area (Å²) >= 11 is 0. The number of fused-ring (bicyclic) bond motifs is 2. The summed E-state index contributed by atoms with van der Waals surface area (Å²) in [6.45, 7) is 1.96. The minimum absolute atomic E-state index is 0.00868. The molecule has 1 N–H and O–H groups in total. The van der Waals surface area contributed by atoms with Crippen LogP contribution in [-0.4, -0.2) is 16.1 Å². The molecule has 0 amide bonds. The smallest absolute Gasteiger partial charge is 0.272 e. The number of benzene rings is 1. The standard InChI is InChI=1S/C19H19N3O/c1-21-11-15-14-4-2-3-5-16(14)22(9-12-6-7-12)10-13-8-20-19(23)18(21)17(13)15/h2-5,8,11-12H,6-7,9-10H2,1H3,(H,20,23). The Hall–Kier alpha value is -2.49. The van der Waals surface area contributed by atoms with Crippen LogP contribution in [0.3, 0.4) is 0 Å². The zero-order valence-corrected chi connectivity index (χ0v) is 13.2. The second kappa shape index (κ2) is 4.51. The zero-order chi connectivity index (χ0) is 15.6. The molecule has 2 aromatic heterocycles. The molecule has 2 aliphatic rings. The molecule has 1 fully saturated rings. The van der Waals surface area contributed by atoms with Crippen LogP contribution >= 0.6 is 0 Å². The molecule has 5 rings (SSSR count). The van der Waals surface area contributed by atoms with Gasteiger partial charge < -0.3 is 14.5 Å². The van der Waals surface area contributed by atoms with Crippen molar-refractivity contribution in [3.05, 3.63) is 52.6 Å². The van der Waals surface area contributed by atoms with Crippen molar-refractivity contribution in [3.63, 3.8) is 0 Å². The lowest BCUT2D eigenvalue weighted by atomic mass is 10.0. The highest BCUT2D eigenvalue weighted by Gasteiger charge is 2.29. The molecular formula is C19H19N3O. The van der Waals surface area contributed by atoms with Gasteiger partial charge in [0.1, 0.15) is 5.52 Å². The van der Waals surface area contributed by atoms with E-state index in [0.29, 0.717) is 0 Å². The summed E-state index contributed by atoms with van der Waals surface area (Å²) in [5, 5.41) is 1.11. The van der Waals surface area contributed by atoms with Crippen LogP contribution < -0.4 is 10.5 Å². The van der Waals surface area contributed by atoms with Gasteiger partial charge in [-0.05, 0) is 30.4 Å². The van der Waals surface area contributed by atoms with Crippen LogP contribution in [-0.2, 0) is 13.6 Å². The number of pyridine rings is 1. The van der Waals surface area contributed by atoms with Crippen molar-refractivity contribution in [1.82, 2.24) is 9.55 Å². The number of aryl methyl sites for hydroxylation is 1. The first-order chi connectivity index (χ1) is 11.2. The highest BCUT2D eigenvalue weighted by atomic mass is 16.1. The number of hydrogen-bond acceptors (Lipinski definition) is 2. The highest BCUT2D eigenvalue weighted by molar-refractivity contribution is 6.02. The molecule has 116 valence electrons. The average molecular weight is 305 g/mol. The Morgan fingerprint density at radius 1 is 1.22 bits per heavy atom. The van der Waals surface area contributed by atoms with Crippen LogP contribution in [0.1, 0.15) is 18.4 Å². The molecule has 0 atom stereocenters. The van der Waals surface area contributed by atoms with E-state index in [1.54, 1.807) is 0 Å². The highest BCUT2D eigenvalue weighted by Crippen LogP contribution is 2.42. The second-order valence-electron chi connectivity index (χ2n) is 6.86. The maximum atomic E-state index is 12.3. The number of hydrogen-bond donors (Lipinski definition) is 1. The summed E-state index contributed by atoms with van der Waals surface area (Å²) in [6, 6.07) is 8.59. The second-order valence-corrected chi connectivity index (χ2v) is 6.86. The number of nitrogens with zero attached hydrogens (tertiary/aromatic N) is 2. The van der Waals surface area contributed by atoms with Gasteiger partial charge in [-0.25, -0.2) is 0 Å². The van der Waals surface area contributed by atoms with Crippen molar-refractivity contribution in [2.75, 3.05) is 11.4 Å². The number of nitrogens with one attached hydrogen (secondary N) is 1. The minimum Gasteiger partial charge on any atom is -0.366 e. The van der Waals surface area contributed by atoms with Gasteiger partial charge in [0.25, 0.3) is 5.56 Å². The average Bonchev–Trinajstić information content (AvgIpc) is 3.31. The first-order valence-corrected chi connectivity index (χ1v) is 8.26. The number of H-pyrrole nitrogens is 1. The normalized spacial score (nSPS) is 16.5. The van der Waals surface area contributed by atoms with E-state index in [-0.39, 0.29) is 5.56 Å². The summed E-state index contributed by atoms with van der Waals surface area (Å²) < 4.78 is 1.96. The summed E-state index contributed by atoms with van der Waals surface area (Å²) in [4.78, 5) is 17.7. The topological polar surface area (TPSA) is 41.0 Å². The lowest BCUT2D eigenvalue weighted by molar-refractivity contribution is 0.725. The Morgan fingerprint density at radius 2 is 2.04 bits per heavy atom. The van der Waals surface area contributed by atoms with Crippen molar-refractivity contribution in [2.24, 2.45) is 13.0 Å². The van der Waals surface area contributed by atoms with Crippen LogP contribution in [0.25, 0.3) is 22.0 Å². The van der Waals surface area contributed by atoms with Crippen LogP contribution in [0.5, 0.6) is 0 Å². The summed E-state index contributed by atoms with van der Waals surface area (Å²) in [5.41, 5.74) is 5.69. The van der Waals surface area contributed by atoms with Crippen molar-refractivity contribution < 1.29 is 0 Å². The minimum atomic E-state index is -0.00868. The van der Waals surface area contributed by atoms with Gasteiger partial charge in [0.05, 0.1) is 0 Å². The van der Waals surface area contributed by atoms with Crippen molar-refractivity contribution in [2.45, 2.75) is 19.4 Å². The summed E-state index contributed by atoms with van der Waals surface area (Å²) in [7, 11) is 1.96. The molecule has 3 heterocycles. The Kier molecular flexibility index (Phi) is 2.55. The van der Waals surface area contributed by atoms with Gasteiger partial charge in [0, 0.05) is 54.7 Å². The number of aromatic amines is 1. The molecule has 1 aromatic carbocycles. The van der Waals surface area contributed by atoms with E-state index in [2.05, 4.69) is 40.3 Å². The van der Waals surface area contributed by atoms with Gasteiger partial charge in [-0.3, -0.25) is 4.79 Å². The van der Waals surface area contributed by atoms with Gasteiger partial charge in [-0.2, -0.15) is 0 Å². The molecule has 0 saturated heterocycles. The number of rotatable bonds is 2. The lowest BCUT2D eigenvalue weighted by Gasteiger charge is -2.25. The molecule has 0 spiro atoms. The first-order valence-electron chi connectivity index (χ1n) is 8.26. The van der Waals surface area contributed by atoms with E-state index in [0.717, 1.165) is 29.9 Å². The van der Waals surface area contributed by atoms with Gasteiger partial charge in [-0.15, -0.1) is 0 Å². The predicted octanol–water partition coefficient (Wildman–Crippen LogP) is 3.26. The Bertz CT molecular complexity index is 978. The molecule has 23 heavy (non-hydrogen) atoms. The molecular weight excluding hydrogens is 286 g/mol. The van der Waals surface area contributed by atoms with Crippen LogP contribution in [0.2, 0.25) is 0 Å². The van der Waals surface area contributed by atoms with Gasteiger partial charge in [0.2, 0.25) is 0 Å². The van der Waals surface area contributed by atoms with E-state index in [1.807, 2.05) is 17.8 Å². The van der Waals surface area contributed by atoms with Crippen molar-refractivity contribution in [1.29, 1.82) is 0 Å². The van der Waals surface area contributed by atoms with Gasteiger partial charge in [-0.1, -0.05) is 18.2 Å². The van der Waals surface area contributed by atoms with E-state index in [9.17, 15) is 4.79 Å². The Balaban J connectivity index is 1.83. The maximum Gasteiger partial charge on any atom is 0.272 e. The van der Waals surface area contributed by atoms with E-state index < -0.39 is 0 Å². The molecule has 0 radical (unpaired) electrons. The van der Waals surface area contributed by atoms with Crippen molar-refractivity contribution in [3.8, 4) is 11.1 Å². The lowest BCUT2D eigenvalue weighted by Crippen LogP contribution is -2.25. The number of para-hydroxylation sites is 1. The quantitative estimate of drug-likeness (QED) is 0.789. The SMILES string of the molecule is Cn1cc2c3c(c[nH]c(=O)c31)CN(CC1CC1)c1ccccc1-2. The van der Waals surface area contributed by atoms with Crippen LogP contribution in [0, 0.1) is 5.92 Å². The summed E-state index contributed by atoms with van der Waals surface area (Å²) in [6.07, 6.45) is 6.68. The number of anilines is 1. The summed E-state index contributed by atoms with van der Waals surface area (Å²) in [5.74, 6) is 0.824.